The van der Waals surface area contributed by atoms with E-state index >= 15 is 0 Å². The standard InChI is InChI=1S/C18H21N5O2/c1-12-3-5-14(6-4-12)23-10-13(9-15(23)24)16(25)21-18(7-2-8-18)17-19-11-20-22-17/h3-6,11,13H,2,7-10H2,1H3,(H,21,25)(H,19,20,22)/t13-/m0/s1. The van der Waals surface area contributed by atoms with E-state index in [1.54, 1.807) is 4.90 Å². The molecule has 1 aromatic carbocycles. The minimum absolute atomic E-state index is 0.00803. The molecule has 130 valence electrons. The molecule has 0 unspecified atom stereocenters. The summed E-state index contributed by atoms with van der Waals surface area (Å²) in [6.07, 6.45) is 4.43. The molecule has 1 saturated carbocycles. The number of nitrogens with zero attached hydrogens (tertiary/aromatic N) is 3. The Kier molecular flexibility index (Phi) is 3.78. The van der Waals surface area contributed by atoms with E-state index in [0.29, 0.717) is 12.4 Å². The van der Waals surface area contributed by atoms with Crippen molar-refractivity contribution in [2.75, 3.05) is 11.4 Å². The van der Waals surface area contributed by atoms with Gasteiger partial charge in [0.1, 0.15) is 12.2 Å². The summed E-state index contributed by atoms with van der Waals surface area (Å²) in [5.41, 5.74) is 1.54. The van der Waals surface area contributed by atoms with Gasteiger partial charge in [-0.15, -0.1) is 0 Å². The third kappa shape index (κ3) is 2.79. The fourth-order valence-electron chi connectivity index (χ4n) is 3.58. The number of aromatic amines is 1. The number of anilines is 1. The number of H-pyrrole nitrogens is 1. The lowest BCUT2D eigenvalue weighted by molar-refractivity contribution is -0.129. The molecule has 1 aliphatic heterocycles. The molecule has 1 aromatic heterocycles. The maximum Gasteiger partial charge on any atom is 0.227 e. The zero-order valence-electron chi connectivity index (χ0n) is 14.2. The number of amides is 2. The summed E-state index contributed by atoms with van der Waals surface area (Å²) in [5.74, 6) is 0.270. The largest absolute Gasteiger partial charge is 0.343 e. The van der Waals surface area contributed by atoms with Gasteiger partial charge in [0, 0.05) is 18.7 Å². The Balaban J connectivity index is 1.46. The topological polar surface area (TPSA) is 91.0 Å². The van der Waals surface area contributed by atoms with E-state index in [9.17, 15) is 9.59 Å². The predicted molar refractivity (Wildman–Crippen MR) is 91.7 cm³/mol. The highest BCUT2D eigenvalue weighted by atomic mass is 16.2. The van der Waals surface area contributed by atoms with Gasteiger partial charge in [-0.2, -0.15) is 5.10 Å². The van der Waals surface area contributed by atoms with Crippen LogP contribution in [-0.2, 0) is 15.1 Å². The Morgan fingerprint density at radius 1 is 1.32 bits per heavy atom. The Hall–Kier alpha value is -2.70. The van der Waals surface area contributed by atoms with Gasteiger partial charge in [-0.3, -0.25) is 14.7 Å². The van der Waals surface area contributed by atoms with Gasteiger partial charge in [-0.05, 0) is 38.3 Å². The van der Waals surface area contributed by atoms with Crippen LogP contribution in [0.15, 0.2) is 30.6 Å². The smallest absolute Gasteiger partial charge is 0.227 e. The Bertz CT molecular complexity index is 780. The highest BCUT2D eigenvalue weighted by molar-refractivity contribution is 6.00. The molecule has 2 fully saturated rings. The Morgan fingerprint density at radius 3 is 2.68 bits per heavy atom. The first-order valence-electron chi connectivity index (χ1n) is 8.62. The highest BCUT2D eigenvalue weighted by Gasteiger charge is 2.45. The van der Waals surface area contributed by atoms with Crippen molar-refractivity contribution in [3.05, 3.63) is 42.0 Å². The van der Waals surface area contributed by atoms with Crippen LogP contribution < -0.4 is 10.2 Å². The van der Waals surface area contributed by atoms with Crippen LogP contribution in [0.25, 0.3) is 0 Å². The van der Waals surface area contributed by atoms with Crippen molar-refractivity contribution >= 4 is 17.5 Å². The van der Waals surface area contributed by atoms with Gasteiger partial charge in [-0.1, -0.05) is 17.7 Å². The lowest BCUT2D eigenvalue weighted by Crippen LogP contribution is -2.53. The fraction of sp³-hybridized carbons (Fsp3) is 0.444. The minimum atomic E-state index is -0.450. The summed E-state index contributed by atoms with van der Waals surface area (Å²) < 4.78 is 0. The van der Waals surface area contributed by atoms with Gasteiger partial charge in [-0.25, -0.2) is 4.98 Å². The van der Waals surface area contributed by atoms with Crippen molar-refractivity contribution in [3.63, 3.8) is 0 Å². The van der Waals surface area contributed by atoms with Crippen LogP contribution in [-0.4, -0.2) is 33.5 Å². The number of rotatable bonds is 4. The molecule has 0 spiro atoms. The summed E-state index contributed by atoms with van der Waals surface area (Å²) in [6, 6.07) is 7.80. The lowest BCUT2D eigenvalue weighted by Gasteiger charge is -2.41. The number of hydrogen-bond acceptors (Lipinski definition) is 4. The molecule has 1 aliphatic carbocycles. The van der Waals surface area contributed by atoms with E-state index in [2.05, 4.69) is 20.5 Å². The molecule has 7 heteroatoms. The second-order valence-corrected chi connectivity index (χ2v) is 7.00. The number of nitrogens with one attached hydrogen (secondary N) is 2. The Morgan fingerprint density at radius 2 is 2.08 bits per heavy atom. The first-order valence-corrected chi connectivity index (χ1v) is 8.62. The van der Waals surface area contributed by atoms with Gasteiger partial charge in [0.15, 0.2) is 0 Å². The van der Waals surface area contributed by atoms with Crippen LogP contribution in [0.5, 0.6) is 0 Å². The molecule has 2 heterocycles. The third-order valence-electron chi connectivity index (χ3n) is 5.28. The van der Waals surface area contributed by atoms with Crippen molar-refractivity contribution in [3.8, 4) is 0 Å². The second kappa shape index (κ2) is 5.98. The van der Waals surface area contributed by atoms with E-state index in [-0.39, 0.29) is 24.2 Å². The zero-order valence-corrected chi connectivity index (χ0v) is 14.2. The molecule has 2 aliphatic rings. The number of hydrogen-bond donors (Lipinski definition) is 2. The first kappa shape index (κ1) is 15.8. The lowest BCUT2D eigenvalue weighted by atomic mass is 9.75. The highest BCUT2D eigenvalue weighted by Crippen LogP contribution is 2.40. The monoisotopic (exact) mass is 339 g/mol. The Labute approximate surface area is 145 Å². The van der Waals surface area contributed by atoms with Gasteiger partial charge in [0.05, 0.1) is 11.5 Å². The summed E-state index contributed by atoms with van der Waals surface area (Å²) in [7, 11) is 0. The molecule has 0 bridgehead atoms. The molecule has 4 rings (SSSR count). The van der Waals surface area contributed by atoms with E-state index in [0.717, 1.165) is 30.5 Å². The van der Waals surface area contributed by atoms with Crippen LogP contribution in [0, 0.1) is 12.8 Å². The molecule has 2 N–H and O–H groups in total. The number of carbonyl (C=O) groups excluding carboxylic acids is 2. The van der Waals surface area contributed by atoms with Crippen molar-refractivity contribution in [2.45, 2.75) is 38.1 Å². The fourth-order valence-corrected chi connectivity index (χ4v) is 3.58. The molecule has 0 radical (unpaired) electrons. The van der Waals surface area contributed by atoms with E-state index in [1.165, 1.54) is 6.33 Å². The van der Waals surface area contributed by atoms with Crippen LogP contribution >= 0.6 is 0 Å². The van der Waals surface area contributed by atoms with Gasteiger partial charge in [0.25, 0.3) is 0 Å². The maximum absolute atomic E-state index is 12.8. The molecule has 25 heavy (non-hydrogen) atoms. The number of benzene rings is 1. The summed E-state index contributed by atoms with van der Waals surface area (Å²) in [5, 5.41) is 9.89. The molecular formula is C18H21N5O2. The van der Waals surface area contributed by atoms with Crippen LogP contribution in [0.3, 0.4) is 0 Å². The van der Waals surface area contributed by atoms with E-state index < -0.39 is 5.54 Å². The summed E-state index contributed by atoms with van der Waals surface area (Å²) >= 11 is 0. The average molecular weight is 339 g/mol. The number of aromatic nitrogens is 3. The molecule has 7 nitrogen and oxygen atoms in total. The minimum Gasteiger partial charge on any atom is -0.343 e. The summed E-state index contributed by atoms with van der Waals surface area (Å²) in [6.45, 7) is 2.42. The van der Waals surface area contributed by atoms with E-state index in [4.69, 9.17) is 0 Å². The van der Waals surface area contributed by atoms with Gasteiger partial charge >= 0.3 is 0 Å². The summed E-state index contributed by atoms with van der Waals surface area (Å²) in [4.78, 5) is 31.1. The normalized spacial score (nSPS) is 21.9. The molecule has 1 saturated heterocycles. The van der Waals surface area contributed by atoms with Crippen LogP contribution in [0.1, 0.15) is 37.1 Å². The zero-order chi connectivity index (χ0) is 17.4. The van der Waals surface area contributed by atoms with Gasteiger partial charge < -0.3 is 10.2 Å². The molecular weight excluding hydrogens is 318 g/mol. The van der Waals surface area contributed by atoms with Crippen molar-refractivity contribution in [1.82, 2.24) is 20.5 Å². The molecule has 1 atom stereocenters. The first-order chi connectivity index (χ1) is 12.1. The number of aryl methyl sites for hydroxylation is 1. The second-order valence-electron chi connectivity index (χ2n) is 7.00. The van der Waals surface area contributed by atoms with Crippen molar-refractivity contribution in [2.24, 2.45) is 5.92 Å². The van der Waals surface area contributed by atoms with Crippen molar-refractivity contribution in [1.29, 1.82) is 0 Å². The van der Waals surface area contributed by atoms with Gasteiger partial charge in [0.2, 0.25) is 11.8 Å². The van der Waals surface area contributed by atoms with Crippen molar-refractivity contribution < 1.29 is 9.59 Å². The molecule has 2 amide bonds. The SMILES string of the molecule is Cc1ccc(N2C[C@@H](C(=O)NC3(c4ncn[nH]4)CCC3)CC2=O)cc1. The maximum atomic E-state index is 12.8. The van der Waals surface area contributed by atoms with E-state index in [1.807, 2.05) is 31.2 Å². The molecule has 2 aromatic rings. The van der Waals surface area contributed by atoms with Crippen LogP contribution in [0.4, 0.5) is 5.69 Å². The number of carbonyl (C=O) groups is 2. The average Bonchev–Trinajstić information content (AvgIpc) is 3.22. The van der Waals surface area contributed by atoms with Crippen LogP contribution in [0.2, 0.25) is 0 Å². The quantitative estimate of drug-likeness (QED) is 0.886. The third-order valence-corrected chi connectivity index (χ3v) is 5.28. The predicted octanol–water partition coefficient (Wildman–Crippen LogP) is 1.66.